The fraction of sp³-hybridized carbons (Fsp3) is 0.600. The SMILES string of the molecule is C[C@@H](C(=O)N(C(=O)OC(C)(C)C)c1ccc(CO)cc1)N(C(=O)OC(C)(C)C)C(=O)OC(C)(C)C. The lowest BCUT2D eigenvalue weighted by Gasteiger charge is -2.33. The van der Waals surface area contributed by atoms with Crippen LogP contribution in [-0.4, -0.2) is 57.0 Å². The predicted molar refractivity (Wildman–Crippen MR) is 130 cm³/mol. The number of hydrogen-bond donors (Lipinski definition) is 1. The van der Waals surface area contributed by atoms with Crippen LogP contribution < -0.4 is 4.90 Å². The fourth-order valence-corrected chi connectivity index (χ4v) is 2.69. The van der Waals surface area contributed by atoms with Crippen molar-refractivity contribution in [3.8, 4) is 0 Å². The van der Waals surface area contributed by atoms with Gasteiger partial charge in [-0.15, -0.1) is 0 Å². The molecule has 0 fully saturated rings. The monoisotopic (exact) mass is 494 g/mol. The zero-order chi connectivity index (χ0) is 27.4. The first-order chi connectivity index (χ1) is 15.8. The number of carbonyl (C=O) groups is 4. The van der Waals surface area contributed by atoms with E-state index in [1.807, 2.05) is 0 Å². The van der Waals surface area contributed by atoms with E-state index in [1.165, 1.54) is 31.2 Å². The Hall–Kier alpha value is -3.14. The summed E-state index contributed by atoms with van der Waals surface area (Å²) in [4.78, 5) is 53.9. The van der Waals surface area contributed by atoms with Gasteiger partial charge in [-0.25, -0.2) is 19.3 Å². The number of benzene rings is 1. The molecular weight excluding hydrogens is 456 g/mol. The van der Waals surface area contributed by atoms with Crippen LogP contribution in [0.4, 0.5) is 20.1 Å². The molecule has 4 amide bonds. The Bertz CT molecular complexity index is 893. The molecule has 1 atom stereocenters. The number of hydrogen-bond acceptors (Lipinski definition) is 8. The molecule has 0 aliphatic rings. The van der Waals surface area contributed by atoms with Crippen molar-refractivity contribution in [2.24, 2.45) is 0 Å². The highest BCUT2D eigenvalue weighted by molar-refractivity contribution is 6.15. The molecule has 1 rings (SSSR count). The summed E-state index contributed by atoms with van der Waals surface area (Å²) in [6.07, 6.45) is -3.21. The zero-order valence-electron chi connectivity index (χ0n) is 22.3. The molecule has 35 heavy (non-hydrogen) atoms. The fourth-order valence-electron chi connectivity index (χ4n) is 2.69. The van der Waals surface area contributed by atoms with Crippen molar-refractivity contribution in [1.82, 2.24) is 4.90 Å². The zero-order valence-corrected chi connectivity index (χ0v) is 22.3. The molecule has 0 unspecified atom stereocenters. The maximum Gasteiger partial charge on any atom is 0.421 e. The molecule has 0 aliphatic carbocycles. The van der Waals surface area contributed by atoms with Gasteiger partial charge in [-0.1, -0.05) is 12.1 Å². The highest BCUT2D eigenvalue weighted by atomic mass is 16.6. The van der Waals surface area contributed by atoms with Gasteiger partial charge in [0.1, 0.15) is 22.8 Å². The summed E-state index contributed by atoms with van der Waals surface area (Å²) in [7, 11) is 0. The molecule has 10 heteroatoms. The van der Waals surface area contributed by atoms with Crippen LogP contribution in [0.3, 0.4) is 0 Å². The van der Waals surface area contributed by atoms with Gasteiger partial charge >= 0.3 is 18.3 Å². The van der Waals surface area contributed by atoms with Gasteiger partial charge < -0.3 is 19.3 Å². The summed E-state index contributed by atoms with van der Waals surface area (Å²) in [5.41, 5.74) is -2.18. The molecule has 1 N–H and O–H groups in total. The van der Waals surface area contributed by atoms with E-state index in [2.05, 4.69) is 0 Å². The summed E-state index contributed by atoms with van der Waals surface area (Å²) >= 11 is 0. The molecule has 1 aromatic rings. The Morgan fingerprint density at radius 1 is 0.743 bits per heavy atom. The molecule has 1 aromatic carbocycles. The van der Waals surface area contributed by atoms with Crippen molar-refractivity contribution in [1.29, 1.82) is 0 Å². The number of nitrogens with zero attached hydrogens (tertiary/aromatic N) is 2. The number of imide groups is 2. The Morgan fingerprint density at radius 2 is 1.11 bits per heavy atom. The Morgan fingerprint density at radius 3 is 1.46 bits per heavy atom. The first-order valence-corrected chi connectivity index (χ1v) is 11.3. The Labute approximate surface area is 207 Å². The van der Waals surface area contributed by atoms with Crippen LogP contribution in [0.2, 0.25) is 0 Å². The smallest absolute Gasteiger partial charge is 0.421 e. The highest BCUT2D eigenvalue weighted by Crippen LogP contribution is 2.23. The third kappa shape index (κ3) is 9.56. The molecule has 0 aromatic heterocycles. The molecule has 0 radical (unpaired) electrons. The van der Waals surface area contributed by atoms with Crippen LogP contribution in [0.25, 0.3) is 0 Å². The lowest BCUT2D eigenvalue weighted by atomic mass is 10.1. The van der Waals surface area contributed by atoms with E-state index in [0.717, 1.165) is 4.90 Å². The van der Waals surface area contributed by atoms with Gasteiger partial charge in [0.2, 0.25) is 0 Å². The van der Waals surface area contributed by atoms with Crippen molar-refractivity contribution < 1.29 is 38.5 Å². The number of ether oxygens (including phenoxy) is 3. The average Bonchev–Trinajstić information content (AvgIpc) is 2.64. The minimum absolute atomic E-state index is 0.127. The summed E-state index contributed by atoms with van der Waals surface area (Å²) in [5, 5.41) is 9.33. The van der Waals surface area contributed by atoms with E-state index in [4.69, 9.17) is 14.2 Å². The van der Waals surface area contributed by atoms with Gasteiger partial charge in [-0.3, -0.25) is 4.79 Å². The Balaban J connectivity index is 3.51. The van der Waals surface area contributed by atoms with E-state index in [0.29, 0.717) is 10.5 Å². The second-order valence-electron chi connectivity index (χ2n) is 11.0. The quantitative estimate of drug-likeness (QED) is 0.580. The van der Waals surface area contributed by atoms with E-state index in [1.54, 1.807) is 62.3 Å². The van der Waals surface area contributed by atoms with E-state index >= 15 is 0 Å². The molecule has 10 nitrogen and oxygen atoms in total. The molecule has 196 valence electrons. The van der Waals surface area contributed by atoms with Gasteiger partial charge in [0.05, 0.1) is 12.3 Å². The number of aliphatic hydroxyl groups excluding tert-OH is 1. The molecular formula is C25H38N2O8. The summed E-state index contributed by atoms with van der Waals surface area (Å²) < 4.78 is 16.1. The van der Waals surface area contributed by atoms with Crippen LogP contribution in [0, 0.1) is 0 Å². The van der Waals surface area contributed by atoms with Gasteiger partial charge in [-0.2, -0.15) is 4.90 Å². The van der Waals surface area contributed by atoms with E-state index in [9.17, 15) is 24.3 Å². The van der Waals surface area contributed by atoms with Crippen molar-refractivity contribution in [2.45, 2.75) is 98.7 Å². The lowest BCUT2D eigenvalue weighted by Crippen LogP contribution is -2.56. The molecule has 0 bridgehead atoms. The molecule has 0 aliphatic heterocycles. The highest BCUT2D eigenvalue weighted by Gasteiger charge is 2.42. The normalized spacial score (nSPS) is 12.9. The topological polar surface area (TPSA) is 123 Å². The Kier molecular flexibility index (Phi) is 9.45. The molecule has 0 spiro atoms. The second-order valence-corrected chi connectivity index (χ2v) is 11.0. The lowest BCUT2D eigenvalue weighted by molar-refractivity contribution is -0.123. The van der Waals surface area contributed by atoms with Gasteiger partial charge in [0.15, 0.2) is 0 Å². The van der Waals surface area contributed by atoms with E-state index < -0.39 is 47.0 Å². The largest absolute Gasteiger partial charge is 0.443 e. The number of aliphatic hydroxyl groups is 1. The third-order valence-corrected chi connectivity index (χ3v) is 4.10. The average molecular weight is 495 g/mol. The van der Waals surface area contributed by atoms with Crippen LogP contribution in [0.1, 0.15) is 74.8 Å². The molecule has 0 saturated carbocycles. The number of anilines is 1. The van der Waals surface area contributed by atoms with Crippen molar-refractivity contribution in [3.63, 3.8) is 0 Å². The number of carbonyl (C=O) groups excluding carboxylic acids is 4. The number of amides is 4. The van der Waals surface area contributed by atoms with Gasteiger partial charge in [-0.05, 0) is 86.9 Å². The maximum atomic E-state index is 13.6. The third-order valence-electron chi connectivity index (χ3n) is 4.10. The van der Waals surface area contributed by atoms with Crippen molar-refractivity contribution >= 4 is 29.9 Å². The standard InChI is InChI=1S/C25H38N2O8/c1-16(26(20(30)33-23(2,3)4)21(31)34-24(5,6)7)19(29)27(22(32)35-25(8,9)10)18-13-11-17(15-28)12-14-18/h11-14,16,28H,15H2,1-10H3/t16-/m0/s1. The van der Waals surface area contributed by atoms with E-state index in [-0.39, 0.29) is 12.3 Å². The first-order valence-electron chi connectivity index (χ1n) is 11.3. The van der Waals surface area contributed by atoms with Crippen LogP contribution >= 0.6 is 0 Å². The van der Waals surface area contributed by atoms with Crippen LogP contribution in [-0.2, 0) is 25.6 Å². The summed E-state index contributed by atoms with van der Waals surface area (Å²) in [6.45, 7) is 15.6. The number of rotatable bonds is 4. The predicted octanol–water partition coefficient (Wildman–Crippen LogP) is 5.01. The first kappa shape index (κ1) is 29.9. The second kappa shape index (κ2) is 11.1. The minimum atomic E-state index is -1.50. The molecule has 0 saturated heterocycles. The summed E-state index contributed by atoms with van der Waals surface area (Å²) in [6, 6.07) is 4.47. The summed E-state index contributed by atoms with van der Waals surface area (Å²) in [5.74, 6) is -0.923. The van der Waals surface area contributed by atoms with Crippen LogP contribution in [0.15, 0.2) is 24.3 Å². The van der Waals surface area contributed by atoms with Crippen molar-refractivity contribution in [3.05, 3.63) is 29.8 Å². The molecule has 0 heterocycles. The van der Waals surface area contributed by atoms with Crippen LogP contribution in [0.5, 0.6) is 0 Å². The van der Waals surface area contributed by atoms with Gasteiger partial charge in [0.25, 0.3) is 5.91 Å². The minimum Gasteiger partial charge on any atom is -0.443 e. The maximum absolute atomic E-state index is 13.6. The van der Waals surface area contributed by atoms with Crippen molar-refractivity contribution in [2.75, 3.05) is 4.90 Å². The van der Waals surface area contributed by atoms with Gasteiger partial charge in [0, 0.05) is 0 Å².